The molecule has 0 spiro atoms. The highest BCUT2D eigenvalue weighted by molar-refractivity contribution is 5.65. The van der Waals surface area contributed by atoms with Crippen molar-refractivity contribution in [2.45, 2.75) is 77.6 Å². The monoisotopic (exact) mass is 482 g/mol. The Morgan fingerprint density at radius 1 is 0.657 bits per heavy atom. The molecule has 0 aromatic heterocycles. The van der Waals surface area contributed by atoms with Crippen molar-refractivity contribution in [1.82, 2.24) is 0 Å². The van der Waals surface area contributed by atoms with E-state index in [1.807, 2.05) is 31.2 Å². The highest BCUT2D eigenvalue weighted by Crippen LogP contribution is 2.40. The summed E-state index contributed by atoms with van der Waals surface area (Å²) in [6, 6.07) is 14.4. The highest BCUT2D eigenvalue weighted by Gasteiger charge is 2.27. The van der Waals surface area contributed by atoms with Crippen LogP contribution in [0, 0.1) is 29.2 Å². The SMILES string of the molecule is CCCc1ccc(CCC2CCC(c3ccc(-c4ccc(CC)cc4)c(F)c3F)CC2)c(F)c1F. The Kier molecular flexibility index (Phi) is 8.30. The number of hydrogen-bond donors (Lipinski definition) is 0. The van der Waals surface area contributed by atoms with E-state index in [4.69, 9.17) is 0 Å². The normalized spacial score (nSPS) is 18.1. The molecule has 0 bridgehead atoms. The summed E-state index contributed by atoms with van der Waals surface area (Å²) >= 11 is 0. The lowest BCUT2D eigenvalue weighted by Gasteiger charge is -2.29. The summed E-state index contributed by atoms with van der Waals surface area (Å²) in [7, 11) is 0. The summed E-state index contributed by atoms with van der Waals surface area (Å²) in [6.45, 7) is 4.00. The Morgan fingerprint density at radius 2 is 1.29 bits per heavy atom. The summed E-state index contributed by atoms with van der Waals surface area (Å²) in [5.41, 5.74) is 3.45. The van der Waals surface area contributed by atoms with Gasteiger partial charge >= 0.3 is 0 Å². The summed E-state index contributed by atoms with van der Waals surface area (Å²) in [4.78, 5) is 0. The zero-order chi connectivity index (χ0) is 24.9. The fourth-order valence-corrected chi connectivity index (χ4v) is 5.43. The molecule has 1 fully saturated rings. The summed E-state index contributed by atoms with van der Waals surface area (Å²) in [5.74, 6) is -2.58. The first-order valence-corrected chi connectivity index (χ1v) is 13.0. The summed E-state index contributed by atoms with van der Waals surface area (Å²) in [6.07, 6.45) is 6.80. The third-order valence-electron chi connectivity index (χ3n) is 7.66. The molecule has 1 aliphatic rings. The number of aryl methyl sites for hydroxylation is 3. The maximum atomic E-state index is 15.1. The van der Waals surface area contributed by atoms with Gasteiger partial charge in [0.05, 0.1) is 0 Å². The Labute approximate surface area is 206 Å². The first-order valence-electron chi connectivity index (χ1n) is 13.0. The molecule has 0 amide bonds. The van der Waals surface area contributed by atoms with Gasteiger partial charge in [-0.15, -0.1) is 0 Å². The first kappa shape index (κ1) is 25.5. The van der Waals surface area contributed by atoms with Crippen LogP contribution in [0.3, 0.4) is 0 Å². The minimum absolute atomic E-state index is 0.0141. The molecule has 3 aromatic carbocycles. The van der Waals surface area contributed by atoms with Gasteiger partial charge in [0, 0.05) is 5.56 Å². The lowest BCUT2D eigenvalue weighted by atomic mass is 9.76. The van der Waals surface area contributed by atoms with Crippen molar-refractivity contribution in [2.75, 3.05) is 0 Å². The van der Waals surface area contributed by atoms with E-state index in [1.165, 1.54) is 0 Å². The largest absolute Gasteiger partial charge is 0.203 e. The number of hydrogen-bond acceptors (Lipinski definition) is 0. The molecule has 0 N–H and O–H groups in total. The molecular formula is C31H34F4. The van der Waals surface area contributed by atoms with Crippen molar-refractivity contribution in [3.63, 3.8) is 0 Å². The average Bonchev–Trinajstić information content (AvgIpc) is 2.88. The standard InChI is InChI=1S/C31H34F4/c1-3-5-24-16-17-25(29(33)28(24)32)15-10-21-8-13-23(14-9-21)27-19-18-26(30(34)31(27)35)22-11-6-20(4-2)7-12-22/h6-7,11-12,16-19,21,23H,3-5,8-10,13-15H2,1-2H3. The van der Waals surface area contributed by atoms with Crippen molar-refractivity contribution in [1.29, 1.82) is 0 Å². The van der Waals surface area contributed by atoms with E-state index in [9.17, 15) is 13.2 Å². The van der Waals surface area contributed by atoms with Gasteiger partial charge in [-0.2, -0.15) is 0 Å². The zero-order valence-corrected chi connectivity index (χ0v) is 20.6. The van der Waals surface area contributed by atoms with Crippen LogP contribution in [0.15, 0.2) is 48.5 Å². The predicted molar refractivity (Wildman–Crippen MR) is 135 cm³/mol. The van der Waals surface area contributed by atoms with Gasteiger partial charge in [0.1, 0.15) is 0 Å². The third kappa shape index (κ3) is 5.63. The van der Waals surface area contributed by atoms with Crippen LogP contribution in [0.4, 0.5) is 17.6 Å². The van der Waals surface area contributed by atoms with Gasteiger partial charge in [0.25, 0.3) is 0 Å². The van der Waals surface area contributed by atoms with Crippen LogP contribution in [0.25, 0.3) is 11.1 Å². The summed E-state index contributed by atoms with van der Waals surface area (Å²) in [5, 5.41) is 0. The van der Waals surface area contributed by atoms with E-state index in [0.29, 0.717) is 46.6 Å². The molecule has 0 nitrogen and oxygen atoms in total. The van der Waals surface area contributed by atoms with Crippen LogP contribution in [0.1, 0.15) is 80.5 Å². The zero-order valence-electron chi connectivity index (χ0n) is 20.6. The molecule has 35 heavy (non-hydrogen) atoms. The predicted octanol–water partition coefficient (Wildman–Crippen LogP) is 9.33. The highest BCUT2D eigenvalue weighted by atomic mass is 19.2. The lowest BCUT2D eigenvalue weighted by Crippen LogP contribution is -2.16. The molecule has 1 saturated carbocycles. The first-order chi connectivity index (χ1) is 16.9. The Morgan fingerprint density at radius 3 is 1.89 bits per heavy atom. The second kappa shape index (κ2) is 11.4. The van der Waals surface area contributed by atoms with E-state index in [1.54, 1.807) is 24.3 Å². The Bertz CT molecular complexity index is 1140. The molecule has 1 aliphatic carbocycles. The molecule has 4 rings (SSSR count). The smallest absolute Gasteiger partial charge is 0.166 e. The molecule has 4 heteroatoms. The van der Waals surface area contributed by atoms with E-state index in [0.717, 1.165) is 50.5 Å². The second-order valence-corrected chi connectivity index (χ2v) is 9.90. The van der Waals surface area contributed by atoms with Crippen LogP contribution in [-0.4, -0.2) is 0 Å². The topological polar surface area (TPSA) is 0 Å². The maximum Gasteiger partial charge on any atom is 0.166 e. The fourth-order valence-electron chi connectivity index (χ4n) is 5.43. The number of halogens is 4. The van der Waals surface area contributed by atoms with Gasteiger partial charge in [-0.1, -0.05) is 68.8 Å². The minimum Gasteiger partial charge on any atom is -0.203 e. The van der Waals surface area contributed by atoms with Gasteiger partial charge < -0.3 is 0 Å². The maximum absolute atomic E-state index is 15.1. The van der Waals surface area contributed by atoms with E-state index in [-0.39, 0.29) is 5.92 Å². The van der Waals surface area contributed by atoms with E-state index < -0.39 is 23.3 Å². The van der Waals surface area contributed by atoms with Crippen LogP contribution < -0.4 is 0 Å². The van der Waals surface area contributed by atoms with Gasteiger partial charge in [-0.3, -0.25) is 0 Å². The third-order valence-corrected chi connectivity index (χ3v) is 7.66. The Balaban J connectivity index is 1.37. The van der Waals surface area contributed by atoms with Crippen molar-refractivity contribution in [3.8, 4) is 11.1 Å². The molecule has 0 heterocycles. The molecule has 0 unspecified atom stereocenters. The second-order valence-electron chi connectivity index (χ2n) is 9.90. The molecule has 3 aromatic rings. The molecule has 186 valence electrons. The van der Waals surface area contributed by atoms with Crippen molar-refractivity contribution in [2.24, 2.45) is 5.92 Å². The lowest BCUT2D eigenvalue weighted by molar-refractivity contribution is 0.303. The molecule has 0 radical (unpaired) electrons. The van der Waals surface area contributed by atoms with Crippen LogP contribution >= 0.6 is 0 Å². The van der Waals surface area contributed by atoms with Crippen molar-refractivity contribution < 1.29 is 17.6 Å². The van der Waals surface area contributed by atoms with Gasteiger partial charge in [-0.05, 0) is 91.0 Å². The van der Waals surface area contributed by atoms with Crippen molar-refractivity contribution >= 4 is 0 Å². The Hall–Kier alpha value is -2.62. The number of rotatable bonds is 8. The van der Waals surface area contributed by atoms with Crippen molar-refractivity contribution in [3.05, 3.63) is 94.1 Å². The molecule has 0 aliphatic heterocycles. The van der Waals surface area contributed by atoms with Crippen LogP contribution in [0.2, 0.25) is 0 Å². The van der Waals surface area contributed by atoms with Gasteiger partial charge in [0.15, 0.2) is 23.3 Å². The molecular weight excluding hydrogens is 448 g/mol. The van der Waals surface area contributed by atoms with Gasteiger partial charge in [0.2, 0.25) is 0 Å². The minimum atomic E-state index is -0.780. The molecule has 0 saturated heterocycles. The molecule has 0 atom stereocenters. The average molecular weight is 483 g/mol. The van der Waals surface area contributed by atoms with E-state index in [2.05, 4.69) is 6.92 Å². The number of benzene rings is 3. The van der Waals surface area contributed by atoms with Crippen LogP contribution in [0.5, 0.6) is 0 Å². The van der Waals surface area contributed by atoms with E-state index >= 15 is 4.39 Å². The summed E-state index contributed by atoms with van der Waals surface area (Å²) < 4.78 is 58.7. The quantitative estimate of drug-likeness (QED) is 0.281. The van der Waals surface area contributed by atoms with Crippen LogP contribution in [-0.2, 0) is 19.3 Å². The van der Waals surface area contributed by atoms with Gasteiger partial charge in [-0.25, -0.2) is 17.6 Å². The fraction of sp³-hybridized carbons (Fsp3) is 0.419.